The third-order valence-corrected chi connectivity index (χ3v) is 5.30. The summed E-state index contributed by atoms with van der Waals surface area (Å²) >= 11 is 4.78. The van der Waals surface area contributed by atoms with Crippen LogP contribution in [-0.2, 0) is 4.79 Å². The van der Waals surface area contributed by atoms with Gasteiger partial charge in [-0.25, -0.2) is 4.98 Å². The summed E-state index contributed by atoms with van der Waals surface area (Å²) in [6.07, 6.45) is 4.02. The van der Waals surface area contributed by atoms with E-state index in [0.717, 1.165) is 35.3 Å². The minimum atomic E-state index is 0.171. The first kappa shape index (κ1) is 16.6. The molecular weight excluding hydrogens is 376 g/mol. The van der Waals surface area contributed by atoms with Gasteiger partial charge in [-0.3, -0.25) is 4.79 Å². The van der Waals surface area contributed by atoms with E-state index in [-0.39, 0.29) is 5.91 Å². The van der Waals surface area contributed by atoms with Gasteiger partial charge in [-0.15, -0.1) is 0 Å². The predicted molar refractivity (Wildman–Crippen MR) is 95.3 cm³/mol. The average molecular weight is 395 g/mol. The summed E-state index contributed by atoms with van der Waals surface area (Å²) in [7, 11) is 0. The summed E-state index contributed by atoms with van der Waals surface area (Å²) in [5.41, 5.74) is 0.976. The Morgan fingerprint density at radius 3 is 2.96 bits per heavy atom. The van der Waals surface area contributed by atoms with E-state index in [2.05, 4.69) is 27.8 Å². The number of likely N-dealkylation sites (tertiary alicyclic amines) is 1. The molecule has 0 radical (unpaired) electrons. The van der Waals surface area contributed by atoms with E-state index in [1.54, 1.807) is 6.20 Å². The summed E-state index contributed by atoms with van der Waals surface area (Å²) in [5.74, 6) is 1.87. The number of piperidine rings is 1. The van der Waals surface area contributed by atoms with Gasteiger partial charge in [0.2, 0.25) is 5.91 Å². The third-order valence-electron chi connectivity index (χ3n) is 3.94. The van der Waals surface area contributed by atoms with Crippen molar-refractivity contribution in [1.29, 1.82) is 0 Å². The quantitative estimate of drug-likeness (QED) is 0.718. The smallest absolute Gasteiger partial charge is 0.256 e. The zero-order chi connectivity index (χ0) is 16.2. The topological polar surface area (TPSA) is 46.3 Å². The van der Waals surface area contributed by atoms with Gasteiger partial charge in [0.1, 0.15) is 0 Å². The second kappa shape index (κ2) is 7.53. The Balaban J connectivity index is 1.56. The van der Waals surface area contributed by atoms with Gasteiger partial charge < -0.3 is 9.32 Å². The lowest BCUT2D eigenvalue weighted by atomic mass is 10.0. The minimum absolute atomic E-state index is 0.171. The molecule has 1 aliphatic rings. The fourth-order valence-electron chi connectivity index (χ4n) is 2.70. The number of thioether (sulfide) groups is 1. The molecule has 1 atom stereocenters. The highest BCUT2D eigenvalue weighted by Crippen LogP contribution is 2.27. The highest BCUT2D eigenvalue weighted by atomic mass is 79.9. The largest absolute Gasteiger partial charge is 0.431 e. The Labute approximate surface area is 148 Å². The van der Waals surface area contributed by atoms with E-state index in [0.29, 0.717) is 16.9 Å². The van der Waals surface area contributed by atoms with Gasteiger partial charge in [-0.2, -0.15) is 0 Å². The molecule has 2 aromatic rings. The third kappa shape index (κ3) is 4.38. The number of nitrogens with zero attached hydrogens (tertiary/aromatic N) is 2. The number of hydrogen-bond donors (Lipinski definition) is 0. The molecular formula is C17H19BrN2O2S. The molecule has 1 amide bonds. The summed E-state index contributed by atoms with van der Waals surface area (Å²) < 4.78 is 6.76. The minimum Gasteiger partial charge on any atom is -0.431 e. The molecule has 122 valence electrons. The van der Waals surface area contributed by atoms with Crippen LogP contribution in [0.4, 0.5) is 0 Å². The second-order valence-corrected chi connectivity index (χ2v) is 7.72. The maximum atomic E-state index is 12.3. The lowest BCUT2D eigenvalue weighted by Gasteiger charge is -2.30. The van der Waals surface area contributed by atoms with Gasteiger partial charge in [0.15, 0.2) is 5.76 Å². The van der Waals surface area contributed by atoms with Crippen molar-refractivity contribution < 1.29 is 9.21 Å². The monoisotopic (exact) mass is 394 g/mol. The van der Waals surface area contributed by atoms with E-state index >= 15 is 0 Å². The number of benzene rings is 1. The van der Waals surface area contributed by atoms with Crippen LogP contribution in [0.1, 0.15) is 19.8 Å². The molecule has 1 aromatic carbocycles. The number of rotatable bonds is 4. The van der Waals surface area contributed by atoms with Crippen molar-refractivity contribution in [2.24, 2.45) is 5.92 Å². The molecule has 1 saturated heterocycles. The molecule has 23 heavy (non-hydrogen) atoms. The number of carbonyl (C=O) groups excluding carboxylic acids is 1. The summed E-state index contributed by atoms with van der Waals surface area (Å²) in [6, 6.07) is 7.87. The van der Waals surface area contributed by atoms with Crippen LogP contribution in [0.3, 0.4) is 0 Å². The lowest BCUT2D eigenvalue weighted by Crippen LogP contribution is -2.40. The molecule has 1 fully saturated rings. The highest BCUT2D eigenvalue weighted by molar-refractivity contribution is 9.10. The van der Waals surface area contributed by atoms with Crippen molar-refractivity contribution in [2.75, 3.05) is 18.8 Å². The Kier molecular flexibility index (Phi) is 5.43. The highest BCUT2D eigenvalue weighted by Gasteiger charge is 2.21. The summed E-state index contributed by atoms with van der Waals surface area (Å²) in [4.78, 5) is 18.5. The van der Waals surface area contributed by atoms with Gasteiger partial charge in [0.05, 0.1) is 11.9 Å². The molecule has 0 saturated carbocycles. The van der Waals surface area contributed by atoms with Crippen molar-refractivity contribution in [2.45, 2.75) is 25.0 Å². The fourth-order valence-corrected chi connectivity index (χ4v) is 3.67. The van der Waals surface area contributed by atoms with Crippen LogP contribution < -0.4 is 0 Å². The van der Waals surface area contributed by atoms with E-state index < -0.39 is 0 Å². The van der Waals surface area contributed by atoms with Crippen LogP contribution in [-0.4, -0.2) is 34.6 Å². The first-order valence-corrected chi connectivity index (χ1v) is 9.52. The van der Waals surface area contributed by atoms with Crippen LogP contribution in [0, 0.1) is 5.92 Å². The van der Waals surface area contributed by atoms with Gasteiger partial charge in [-0.05, 0) is 30.9 Å². The maximum Gasteiger partial charge on any atom is 0.256 e. The van der Waals surface area contributed by atoms with E-state index in [1.807, 2.05) is 29.2 Å². The Bertz CT molecular complexity index is 671. The molecule has 1 aromatic heterocycles. The van der Waals surface area contributed by atoms with Crippen LogP contribution in [0.15, 0.2) is 44.6 Å². The molecule has 2 heterocycles. The van der Waals surface area contributed by atoms with Crippen LogP contribution >= 0.6 is 27.7 Å². The number of aromatic nitrogens is 1. The molecule has 0 spiro atoms. The van der Waals surface area contributed by atoms with Gasteiger partial charge in [-0.1, -0.05) is 46.7 Å². The lowest BCUT2D eigenvalue weighted by molar-refractivity contribution is -0.130. The average Bonchev–Trinajstić information content (AvgIpc) is 3.02. The first-order chi connectivity index (χ1) is 11.1. The molecule has 0 N–H and O–H groups in total. The number of amides is 1. The van der Waals surface area contributed by atoms with Crippen molar-refractivity contribution >= 4 is 33.6 Å². The van der Waals surface area contributed by atoms with Gasteiger partial charge in [0.25, 0.3) is 5.22 Å². The molecule has 6 heteroatoms. The van der Waals surface area contributed by atoms with Gasteiger partial charge >= 0.3 is 0 Å². The maximum absolute atomic E-state index is 12.3. The molecule has 4 nitrogen and oxygen atoms in total. The summed E-state index contributed by atoms with van der Waals surface area (Å²) in [6.45, 7) is 3.94. The van der Waals surface area contributed by atoms with E-state index in [9.17, 15) is 4.79 Å². The molecule has 0 bridgehead atoms. The molecule has 0 aliphatic carbocycles. The fraction of sp³-hybridized carbons (Fsp3) is 0.412. The molecule has 1 aliphatic heterocycles. The number of carbonyl (C=O) groups is 1. The number of hydrogen-bond acceptors (Lipinski definition) is 4. The molecule has 0 unspecified atom stereocenters. The second-order valence-electron chi connectivity index (χ2n) is 5.87. The normalized spacial score (nSPS) is 18.2. The summed E-state index contributed by atoms with van der Waals surface area (Å²) in [5, 5.41) is 0.543. The SMILES string of the molecule is C[C@H]1CCCN(C(=O)CSc2ncc(-c3ccc(Br)cc3)o2)C1. The van der Waals surface area contributed by atoms with Crippen molar-refractivity contribution in [3.05, 3.63) is 34.9 Å². The zero-order valence-corrected chi connectivity index (χ0v) is 15.4. The molecule has 3 rings (SSSR count). The van der Waals surface area contributed by atoms with Gasteiger partial charge in [0, 0.05) is 23.1 Å². The predicted octanol–water partition coefficient (Wildman–Crippen LogP) is 4.45. The zero-order valence-electron chi connectivity index (χ0n) is 13.0. The van der Waals surface area contributed by atoms with Crippen LogP contribution in [0.25, 0.3) is 11.3 Å². The Morgan fingerprint density at radius 2 is 2.22 bits per heavy atom. The Morgan fingerprint density at radius 1 is 1.43 bits per heavy atom. The van der Waals surface area contributed by atoms with E-state index in [1.165, 1.54) is 18.2 Å². The van der Waals surface area contributed by atoms with Crippen molar-refractivity contribution in [3.63, 3.8) is 0 Å². The van der Waals surface area contributed by atoms with E-state index in [4.69, 9.17) is 4.42 Å². The van der Waals surface area contributed by atoms with Crippen molar-refractivity contribution in [3.8, 4) is 11.3 Å². The number of oxazole rings is 1. The van der Waals surface area contributed by atoms with Crippen molar-refractivity contribution in [1.82, 2.24) is 9.88 Å². The van der Waals surface area contributed by atoms with Crippen LogP contribution in [0.2, 0.25) is 0 Å². The number of halogens is 1. The first-order valence-electron chi connectivity index (χ1n) is 7.74. The Hall–Kier alpha value is -1.27. The van der Waals surface area contributed by atoms with Crippen LogP contribution in [0.5, 0.6) is 0 Å². The standard InChI is InChI=1S/C17H19BrN2O2S/c1-12-3-2-8-20(10-12)16(21)11-23-17-19-9-15(22-17)13-4-6-14(18)7-5-13/h4-7,9,12H,2-3,8,10-11H2,1H3/t12-/m0/s1.